The molecular weight excluding hydrogens is 239 g/mol. The Morgan fingerprint density at radius 2 is 2.26 bits per heavy atom. The van der Waals surface area contributed by atoms with E-state index in [0.29, 0.717) is 18.2 Å². The molecule has 0 N–H and O–H groups in total. The van der Waals surface area contributed by atoms with Crippen molar-refractivity contribution in [3.05, 3.63) is 35.1 Å². The fourth-order valence-electron chi connectivity index (χ4n) is 2.95. The van der Waals surface area contributed by atoms with Crippen LogP contribution in [0.25, 0.3) is 0 Å². The van der Waals surface area contributed by atoms with Crippen LogP contribution in [0.4, 0.5) is 4.39 Å². The van der Waals surface area contributed by atoms with E-state index in [-0.39, 0.29) is 5.82 Å². The van der Waals surface area contributed by atoms with Gasteiger partial charge in [0, 0.05) is 12.6 Å². The Morgan fingerprint density at radius 1 is 1.42 bits per heavy atom. The molecular formula is C16H21FN2. The third-order valence-electron chi connectivity index (χ3n) is 3.93. The van der Waals surface area contributed by atoms with Gasteiger partial charge in [-0.25, -0.2) is 4.39 Å². The van der Waals surface area contributed by atoms with Crippen molar-refractivity contribution in [3.8, 4) is 6.07 Å². The smallest absolute Gasteiger partial charge is 0.123 e. The van der Waals surface area contributed by atoms with Gasteiger partial charge in [-0.2, -0.15) is 5.26 Å². The summed E-state index contributed by atoms with van der Waals surface area (Å²) in [5, 5.41) is 9.12. The first-order chi connectivity index (χ1) is 9.24. The number of nitrogens with zero attached hydrogens (tertiary/aromatic N) is 2. The first-order valence-electron chi connectivity index (χ1n) is 7.17. The molecule has 1 heterocycles. The number of hydrogen-bond donors (Lipinski definition) is 0. The van der Waals surface area contributed by atoms with Crippen molar-refractivity contribution >= 4 is 0 Å². The Hall–Kier alpha value is -1.40. The third kappa shape index (κ3) is 3.54. The normalized spacial score (nSPS) is 20.2. The summed E-state index contributed by atoms with van der Waals surface area (Å²) in [5.74, 6) is -0.252. The molecule has 0 aromatic heterocycles. The van der Waals surface area contributed by atoms with Gasteiger partial charge in [0.2, 0.25) is 0 Å². The molecule has 2 rings (SSSR count). The zero-order chi connectivity index (χ0) is 13.7. The topological polar surface area (TPSA) is 27.0 Å². The Bertz CT molecular complexity index is 462. The largest absolute Gasteiger partial charge is 0.296 e. The van der Waals surface area contributed by atoms with Crippen LogP contribution in [0.15, 0.2) is 18.2 Å². The average molecular weight is 260 g/mol. The molecule has 0 bridgehead atoms. The van der Waals surface area contributed by atoms with E-state index in [9.17, 15) is 4.39 Å². The van der Waals surface area contributed by atoms with Crippen LogP contribution in [0, 0.1) is 17.1 Å². The van der Waals surface area contributed by atoms with Crippen LogP contribution >= 0.6 is 0 Å². The van der Waals surface area contributed by atoms with Gasteiger partial charge in [0.15, 0.2) is 0 Å². The number of piperidine rings is 1. The summed E-state index contributed by atoms with van der Waals surface area (Å²) < 4.78 is 13.4. The van der Waals surface area contributed by atoms with Crippen LogP contribution in [0.3, 0.4) is 0 Å². The van der Waals surface area contributed by atoms with Crippen LogP contribution in [-0.4, -0.2) is 17.5 Å². The zero-order valence-corrected chi connectivity index (χ0v) is 11.5. The molecule has 1 aromatic rings. The highest BCUT2D eigenvalue weighted by molar-refractivity contribution is 5.37. The summed E-state index contributed by atoms with van der Waals surface area (Å²) in [6, 6.07) is 7.22. The van der Waals surface area contributed by atoms with E-state index in [0.717, 1.165) is 12.1 Å². The van der Waals surface area contributed by atoms with E-state index < -0.39 is 0 Å². The second-order valence-corrected chi connectivity index (χ2v) is 5.32. The second-order valence-electron chi connectivity index (χ2n) is 5.32. The molecule has 3 heteroatoms. The lowest BCUT2D eigenvalue weighted by Gasteiger charge is -2.36. The Balaban J connectivity index is 2.14. The first kappa shape index (κ1) is 14.0. The molecule has 19 heavy (non-hydrogen) atoms. The fraction of sp³-hybridized carbons (Fsp3) is 0.562. The minimum atomic E-state index is -0.252. The van der Waals surface area contributed by atoms with Crippen molar-refractivity contribution < 1.29 is 4.39 Å². The van der Waals surface area contributed by atoms with E-state index in [4.69, 9.17) is 5.26 Å². The molecule has 0 spiro atoms. The summed E-state index contributed by atoms with van der Waals surface area (Å²) in [5.41, 5.74) is 1.42. The molecule has 0 amide bonds. The zero-order valence-electron chi connectivity index (χ0n) is 11.5. The highest BCUT2D eigenvalue weighted by Gasteiger charge is 2.22. The molecule has 1 aliphatic rings. The fourth-order valence-corrected chi connectivity index (χ4v) is 2.95. The van der Waals surface area contributed by atoms with Gasteiger partial charge in [-0.3, -0.25) is 4.90 Å². The number of hydrogen-bond acceptors (Lipinski definition) is 2. The molecule has 2 nitrogen and oxygen atoms in total. The highest BCUT2D eigenvalue weighted by atomic mass is 19.1. The summed E-state index contributed by atoms with van der Waals surface area (Å²) in [6.45, 7) is 3.97. The van der Waals surface area contributed by atoms with Gasteiger partial charge in [-0.15, -0.1) is 0 Å². The summed E-state index contributed by atoms with van der Waals surface area (Å²) >= 11 is 0. The second kappa shape index (κ2) is 6.68. The minimum Gasteiger partial charge on any atom is -0.296 e. The quantitative estimate of drug-likeness (QED) is 0.822. The van der Waals surface area contributed by atoms with E-state index >= 15 is 0 Å². The van der Waals surface area contributed by atoms with E-state index in [1.807, 2.05) is 0 Å². The van der Waals surface area contributed by atoms with Gasteiger partial charge in [0.25, 0.3) is 0 Å². The molecule has 1 atom stereocenters. The molecule has 1 aliphatic heterocycles. The molecule has 0 aliphatic carbocycles. The van der Waals surface area contributed by atoms with Gasteiger partial charge in [0.1, 0.15) is 5.82 Å². The van der Waals surface area contributed by atoms with Gasteiger partial charge in [-0.1, -0.05) is 19.8 Å². The monoisotopic (exact) mass is 260 g/mol. The Morgan fingerprint density at radius 3 is 3.00 bits per heavy atom. The number of nitriles is 1. The summed E-state index contributed by atoms with van der Waals surface area (Å²) in [4.78, 5) is 2.42. The number of rotatable bonds is 4. The molecule has 1 saturated heterocycles. The third-order valence-corrected chi connectivity index (χ3v) is 3.93. The molecule has 1 fully saturated rings. The van der Waals surface area contributed by atoms with Crippen molar-refractivity contribution in [2.75, 3.05) is 6.54 Å². The van der Waals surface area contributed by atoms with Crippen molar-refractivity contribution in [3.63, 3.8) is 0 Å². The molecule has 0 saturated carbocycles. The van der Waals surface area contributed by atoms with Crippen molar-refractivity contribution in [2.45, 2.75) is 51.6 Å². The van der Waals surface area contributed by atoms with E-state index in [2.05, 4.69) is 17.9 Å². The maximum atomic E-state index is 13.4. The van der Waals surface area contributed by atoms with Crippen LogP contribution in [0.1, 0.15) is 50.2 Å². The molecule has 0 radical (unpaired) electrons. The molecule has 1 aromatic carbocycles. The predicted molar refractivity (Wildman–Crippen MR) is 74.1 cm³/mol. The minimum absolute atomic E-state index is 0.252. The lowest BCUT2D eigenvalue weighted by Crippen LogP contribution is -2.39. The van der Waals surface area contributed by atoms with Gasteiger partial charge >= 0.3 is 0 Å². The van der Waals surface area contributed by atoms with Gasteiger partial charge in [-0.05, 0) is 49.6 Å². The maximum absolute atomic E-state index is 13.4. The van der Waals surface area contributed by atoms with E-state index in [1.165, 1.54) is 44.2 Å². The highest BCUT2D eigenvalue weighted by Crippen LogP contribution is 2.24. The van der Waals surface area contributed by atoms with Crippen LogP contribution in [0.2, 0.25) is 0 Å². The summed E-state index contributed by atoms with van der Waals surface area (Å²) in [6.07, 6.45) is 6.09. The first-order valence-corrected chi connectivity index (χ1v) is 7.17. The van der Waals surface area contributed by atoms with Crippen molar-refractivity contribution in [2.24, 2.45) is 0 Å². The lowest BCUT2D eigenvalue weighted by atomic mass is 9.97. The average Bonchev–Trinajstić information content (AvgIpc) is 2.42. The van der Waals surface area contributed by atoms with Crippen LogP contribution in [0.5, 0.6) is 0 Å². The van der Waals surface area contributed by atoms with Crippen molar-refractivity contribution in [1.82, 2.24) is 4.90 Å². The number of benzene rings is 1. The number of likely N-dealkylation sites (tertiary alicyclic amines) is 1. The molecule has 1 unspecified atom stereocenters. The summed E-state index contributed by atoms with van der Waals surface area (Å²) in [7, 11) is 0. The maximum Gasteiger partial charge on any atom is 0.123 e. The molecule has 102 valence electrons. The van der Waals surface area contributed by atoms with Crippen molar-refractivity contribution in [1.29, 1.82) is 5.26 Å². The van der Waals surface area contributed by atoms with Crippen LogP contribution < -0.4 is 0 Å². The Kier molecular flexibility index (Phi) is 4.93. The van der Waals surface area contributed by atoms with Crippen LogP contribution in [-0.2, 0) is 6.54 Å². The van der Waals surface area contributed by atoms with E-state index in [1.54, 1.807) is 6.07 Å². The predicted octanol–water partition coefficient (Wildman–Crippen LogP) is 3.85. The SMILES string of the molecule is CCCC1CCCCN1Cc1cc(F)ccc1C#N. The number of halogens is 1. The Labute approximate surface area is 114 Å². The van der Waals surface area contributed by atoms with Gasteiger partial charge < -0.3 is 0 Å². The van der Waals surface area contributed by atoms with Gasteiger partial charge in [0.05, 0.1) is 11.6 Å². The lowest BCUT2D eigenvalue weighted by molar-refractivity contribution is 0.131. The standard InChI is InChI=1S/C16H21FN2/c1-2-5-16-6-3-4-9-19(16)12-14-10-15(17)8-7-13(14)11-18/h7-8,10,16H,2-6,9,12H2,1H3.